The van der Waals surface area contributed by atoms with Gasteiger partial charge in [-0.05, 0) is 76.6 Å². The standard InChI is InChI=1S/C38H44Cl2O4/c1-19(2)21-11-25-23(17-31(37(5,6)7)43-35(25)29(39)15-21)13-27-33(41)28(34(27)42)14-24-18-32(38(8,9)10)44-36-26(24)12-22(20(3)4)16-30(36)40/h11-20,27,33,41-42H,1-10H3/b23-13+,24-14+. The molecule has 3 aliphatic rings. The fraction of sp³-hybridized carbons (Fsp3) is 0.421. The third-order valence-electron chi connectivity index (χ3n) is 8.50. The second kappa shape index (κ2) is 11.5. The van der Waals surface area contributed by atoms with Crippen molar-refractivity contribution in [3.8, 4) is 11.5 Å². The normalized spacial score (nSPS) is 22.0. The third-order valence-corrected chi connectivity index (χ3v) is 9.06. The number of benzene rings is 2. The van der Waals surface area contributed by atoms with Gasteiger partial charge in [-0.1, -0.05) is 98.5 Å². The number of halogens is 2. The van der Waals surface area contributed by atoms with E-state index in [-0.39, 0.29) is 28.4 Å². The van der Waals surface area contributed by atoms with Crippen LogP contribution in [0.1, 0.15) is 103 Å². The van der Waals surface area contributed by atoms with Gasteiger partial charge in [0.2, 0.25) is 0 Å². The molecule has 0 radical (unpaired) electrons. The molecule has 2 aromatic rings. The van der Waals surface area contributed by atoms with Crippen molar-refractivity contribution < 1.29 is 19.7 Å². The fourth-order valence-electron chi connectivity index (χ4n) is 5.53. The summed E-state index contributed by atoms with van der Waals surface area (Å²) in [5.41, 5.74) is 5.51. The molecule has 2 heterocycles. The molecule has 0 spiro atoms. The van der Waals surface area contributed by atoms with Crippen molar-refractivity contribution in [2.24, 2.45) is 16.7 Å². The van der Waals surface area contributed by atoms with Crippen LogP contribution in [0.4, 0.5) is 0 Å². The number of ether oxygens (including phenoxy) is 2. The van der Waals surface area contributed by atoms with E-state index in [2.05, 4.69) is 81.4 Å². The number of allylic oxidation sites excluding steroid dienone is 6. The molecule has 5 rings (SSSR count). The molecular weight excluding hydrogens is 591 g/mol. The molecule has 0 fully saturated rings. The summed E-state index contributed by atoms with van der Waals surface area (Å²) in [6, 6.07) is 8.09. The highest BCUT2D eigenvalue weighted by Gasteiger charge is 2.39. The monoisotopic (exact) mass is 634 g/mol. The van der Waals surface area contributed by atoms with Gasteiger partial charge >= 0.3 is 0 Å². The third kappa shape index (κ3) is 6.01. The summed E-state index contributed by atoms with van der Waals surface area (Å²) in [4.78, 5) is 0. The molecular formula is C38H44Cl2O4. The van der Waals surface area contributed by atoms with Gasteiger partial charge in [-0.2, -0.15) is 0 Å². The van der Waals surface area contributed by atoms with Gasteiger partial charge < -0.3 is 19.7 Å². The van der Waals surface area contributed by atoms with Crippen molar-refractivity contribution in [2.75, 3.05) is 0 Å². The van der Waals surface area contributed by atoms with Crippen LogP contribution in [-0.4, -0.2) is 16.3 Å². The predicted molar refractivity (Wildman–Crippen MR) is 183 cm³/mol. The Kier molecular flexibility index (Phi) is 8.46. The summed E-state index contributed by atoms with van der Waals surface area (Å²) in [5.74, 6) is 2.81. The Bertz CT molecular complexity index is 1670. The van der Waals surface area contributed by atoms with Gasteiger partial charge in [-0.15, -0.1) is 0 Å². The van der Waals surface area contributed by atoms with Crippen LogP contribution in [-0.2, 0) is 0 Å². The van der Waals surface area contributed by atoms with Crippen LogP contribution < -0.4 is 9.47 Å². The van der Waals surface area contributed by atoms with Crippen LogP contribution in [0.2, 0.25) is 10.0 Å². The van der Waals surface area contributed by atoms with E-state index in [1.807, 2.05) is 36.4 Å². The number of fused-ring (bicyclic) bond motifs is 2. The van der Waals surface area contributed by atoms with Crippen LogP contribution in [0, 0.1) is 16.7 Å². The lowest BCUT2D eigenvalue weighted by Crippen LogP contribution is -2.34. The lowest BCUT2D eigenvalue weighted by atomic mass is 9.76. The van der Waals surface area contributed by atoms with Gasteiger partial charge in [-0.3, -0.25) is 0 Å². The molecule has 0 aromatic heterocycles. The molecule has 2 N–H and O–H groups in total. The molecule has 234 valence electrons. The minimum absolute atomic E-state index is 0.132. The SMILES string of the molecule is CC(C)c1cc(Cl)c2c(c1)/C(=C/C1=C(O)C(/C=C3\C=C(C(C)(C)C)Oc4c(Cl)cc(C(C)C)cc43)C1O)C=C(C(C)(C)C)O2. The second-order valence-corrected chi connectivity index (χ2v) is 15.6. The first kappa shape index (κ1) is 32.5. The zero-order valence-electron chi connectivity index (χ0n) is 27.4. The maximum atomic E-state index is 11.5. The quantitative estimate of drug-likeness (QED) is 0.351. The summed E-state index contributed by atoms with van der Waals surface area (Å²) in [5, 5.41) is 24.0. The van der Waals surface area contributed by atoms with Gasteiger partial charge in [0, 0.05) is 27.5 Å². The first-order chi connectivity index (χ1) is 20.4. The van der Waals surface area contributed by atoms with E-state index in [1.54, 1.807) is 0 Å². The summed E-state index contributed by atoms with van der Waals surface area (Å²) in [7, 11) is 0. The Balaban J connectivity index is 1.62. The van der Waals surface area contributed by atoms with Gasteiger partial charge in [0.25, 0.3) is 0 Å². The van der Waals surface area contributed by atoms with Gasteiger partial charge in [-0.25, -0.2) is 0 Å². The molecule has 0 bridgehead atoms. The minimum atomic E-state index is -0.905. The Labute approximate surface area is 272 Å². The van der Waals surface area contributed by atoms with Crippen LogP contribution in [0.5, 0.6) is 11.5 Å². The molecule has 2 aromatic carbocycles. The van der Waals surface area contributed by atoms with Gasteiger partial charge in [0.15, 0.2) is 11.5 Å². The van der Waals surface area contributed by atoms with Gasteiger partial charge in [0.05, 0.1) is 22.1 Å². The maximum Gasteiger partial charge on any atom is 0.153 e. The Morgan fingerprint density at radius 3 is 1.57 bits per heavy atom. The summed E-state index contributed by atoms with van der Waals surface area (Å²) < 4.78 is 12.6. The molecule has 1 aliphatic carbocycles. The minimum Gasteiger partial charge on any atom is -0.511 e. The number of aliphatic hydroxyl groups excluding tert-OH is 2. The van der Waals surface area contributed by atoms with Crippen LogP contribution in [0.3, 0.4) is 0 Å². The zero-order chi connectivity index (χ0) is 32.5. The number of hydrogen-bond acceptors (Lipinski definition) is 4. The van der Waals surface area contributed by atoms with Crippen LogP contribution in [0.25, 0.3) is 11.1 Å². The van der Waals surface area contributed by atoms with Crippen molar-refractivity contribution in [1.82, 2.24) is 0 Å². The summed E-state index contributed by atoms with van der Waals surface area (Å²) in [6.07, 6.45) is 6.88. The van der Waals surface area contributed by atoms with Crippen molar-refractivity contribution in [2.45, 2.75) is 87.2 Å². The maximum absolute atomic E-state index is 11.5. The molecule has 2 unspecified atom stereocenters. The predicted octanol–water partition coefficient (Wildman–Crippen LogP) is 11.2. The van der Waals surface area contributed by atoms with E-state index in [0.29, 0.717) is 27.1 Å². The molecule has 0 saturated carbocycles. The Morgan fingerprint density at radius 2 is 1.16 bits per heavy atom. The molecule has 6 heteroatoms. The Hall–Kier alpha value is -2.92. The number of aliphatic hydroxyl groups is 2. The lowest BCUT2D eigenvalue weighted by molar-refractivity contribution is 0.113. The first-order valence-corrected chi connectivity index (χ1v) is 16.1. The largest absolute Gasteiger partial charge is 0.511 e. The van der Waals surface area contributed by atoms with E-state index >= 15 is 0 Å². The van der Waals surface area contributed by atoms with Crippen LogP contribution in [0.15, 0.2) is 71.4 Å². The first-order valence-electron chi connectivity index (χ1n) is 15.4. The lowest BCUT2D eigenvalue weighted by Gasteiger charge is -2.35. The average Bonchev–Trinajstić information content (AvgIpc) is 2.93. The highest BCUT2D eigenvalue weighted by molar-refractivity contribution is 6.33. The topological polar surface area (TPSA) is 58.9 Å². The molecule has 2 atom stereocenters. The summed E-state index contributed by atoms with van der Waals surface area (Å²) in [6.45, 7) is 21.0. The van der Waals surface area contributed by atoms with E-state index < -0.39 is 12.0 Å². The molecule has 0 saturated heterocycles. The van der Waals surface area contributed by atoms with Crippen molar-refractivity contribution in [3.63, 3.8) is 0 Å². The molecule has 2 aliphatic heterocycles. The number of hydrogen-bond donors (Lipinski definition) is 2. The second-order valence-electron chi connectivity index (χ2n) is 14.8. The highest BCUT2D eigenvalue weighted by atomic mass is 35.5. The van der Waals surface area contributed by atoms with E-state index in [0.717, 1.165) is 44.9 Å². The van der Waals surface area contributed by atoms with Crippen LogP contribution >= 0.6 is 23.2 Å². The van der Waals surface area contributed by atoms with Crippen molar-refractivity contribution in [3.05, 3.63) is 104 Å². The van der Waals surface area contributed by atoms with E-state index in [9.17, 15) is 10.2 Å². The van der Waals surface area contributed by atoms with E-state index in [1.165, 1.54) is 0 Å². The molecule has 4 nitrogen and oxygen atoms in total. The smallest absolute Gasteiger partial charge is 0.153 e. The van der Waals surface area contributed by atoms with Crippen molar-refractivity contribution >= 4 is 34.3 Å². The molecule has 44 heavy (non-hydrogen) atoms. The Morgan fingerprint density at radius 1 is 0.727 bits per heavy atom. The summed E-state index contributed by atoms with van der Waals surface area (Å²) >= 11 is 13.5. The average molecular weight is 636 g/mol. The number of rotatable bonds is 4. The van der Waals surface area contributed by atoms with Gasteiger partial charge in [0.1, 0.15) is 17.3 Å². The van der Waals surface area contributed by atoms with E-state index in [4.69, 9.17) is 32.7 Å². The highest BCUT2D eigenvalue weighted by Crippen LogP contribution is 2.49. The van der Waals surface area contributed by atoms with Crippen molar-refractivity contribution in [1.29, 1.82) is 0 Å². The fourth-order valence-corrected chi connectivity index (χ4v) is 6.06. The molecule has 0 amide bonds. The zero-order valence-corrected chi connectivity index (χ0v) is 28.9.